The summed E-state index contributed by atoms with van der Waals surface area (Å²) in [7, 11) is 1.73. The molecule has 0 saturated carbocycles. The molecule has 0 aliphatic carbocycles. The zero-order chi connectivity index (χ0) is 9.97. The number of benzene rings is 1. The lowest BCUT2D eigenvalue weighted by Crippen LogP contribution is -1.85. The van der Waals surface area contributed by atoms with Crippen molar-refractivity contribution in [1.29, 1.82) is 0 Å². The van der Waals surface area contributed by atoms with Crippen molar-refractivity contribution in [2.45, 2.75) is 0 Å². The highest BCUT2D eigenvalue weighted by Gasteiger charge is 2.06. The third kappa shape index (κ3) is 1.77. The lowest BCUT2D eigenvalue weighted by atomic mass is 10.2. The summed E-state index contributed by atoms with van der Waals surface area (Å²) >= 11 is 3.36. The molecule has 14 heavy (non-hydrogen) atoms. The van der Waals surface area contributed by atoms with E-state index in [-0.39, 0.29) is 0 Å². The highest BCUT2D eigenvalue weighted by Crippen LogP contribution is 2.21. The lowest BCUT2D eigenvalue weighted by molar-refractivity contribution is 0.585. The summed E-state index contributed by atoms with van der Waals surface area (Å²) in [6, 6.07) is 8.11. The minimum atomic E-state index is 0.419. The van der Waals surface area contributed by atoms with E-state index in [1.807, 2.05) is 24.3 Å². The molecule has 0 aliphatic rings. The van der Waals surface area contributed by atoms with E-state index >= 15 is 0 Å². The van der Waals surface area contributed by atoms with Gasteiger partial charge in [-0.05, 0) is 24.3 Å². The normalized spacial score (nSPS) is 10.1. The van der Waals surface area contributed by atoms with Crippen LogP contribution in [0.4, 0.5) is 6.01 Å². The van der Waals surface area contributed by atoms with E-state index in [9.17, 15) is 0 Å². The molecule has 5 heteroatoms. The summed E-state index contributed by atoms with van der Waals surface area (Å²) in [6.07, 6.45) is 0. The van der Waals surface area contributed by atoms with Gasteiger partial charge in [0.15, 0.2) is 0 Å². The molecule has 1 aromatic carbocycles. The molecule has 1 aromatic heterocycles. The van der Waals surface area contributed by atoms with Crippen molar-refractivity contribution >= 4 is 21.9 Å². The van der Waals surface area contributed by atoms with Crippen molar-refractivity contribution in [3.05, 3.63) is 28.7 Å². The fraction of sp³-hybridized carbons (Fsp3) is 0.111. The number of nitrogens with one attached hydrogen (secondary N) is 1. The van der Waals surface area contributed by atoms with Crippen LogP contribution < -0.4 is 5.32 Å². The van der Waals surface area contributed by atoms with E-state index < -0.39 is 0 Å². The number of nitrogens with zero attached hydrogens (tertiary/aromatic N) is 2. The summed E-state index contributed by atoms with van der Waals surface area (Å²) in [5.74, 6) is 0.516. The Hall–Kier alpha value is -1.36. The SMILES string of the molecule is CNc1nnc(-c2ccc(Br)cc2)o1. The van der Waals surface area contributed by atoms with Gasteiger partial charge in [-0.1, -0.05) is 21.0 Å². The number of hydrogen-bond donors (Lipinski definition) is 1. The largest absolute Gasteiger partial charge is 0.403 e. The Morgan fingerprint density at radius 2 is 1.93 bits per heavy atom. The fourth-order valence-electron chi connectivity index (χ4n) is 1.03. The number of rotatable bonds is 2. The predicted octanol–water partition coefficient (Wildman–Crippen LogP) is 2.54. The first-order valence-electron chi connectivity index (χ1n) is 4.07. The van der Waals surface area contributed by atoms with Gasteiger partial charge in [-0.3, -0.25) is 0 Å². The zero-order valence-electron chi connectivity index (χ0n) is 7.49. The van der Waals surface area contributed by atoms with Gasteiger partial charge >= 0.3 is 6.01 Å². The van der Waals surface area contributed by atoms with Gasteiger partial charge in [-0.25, -0.2) is 0 Å². The maximum absolute atomic E-state index is 5.31. The Bertz CT molecular complexity index is 424. The van der Waals surface area contributed by atoms with Crippen LogP contribution >= 0.6 is 15.9 Å². The van der Waals surface area contributed by atoms with Gasteiger partial charge < -0.3 is 9.73 Å². The molecule has 1 heterocycles. The molecule has 0 spiro atoms. The van der Waals surface area contributed by atoms with Gasteiger partial charge in [0.05, 0.1) is 0 Å². The summed E-state index contributed by atoms with van der Waals surface area (Å²) in [5, 5.41) is 10.5. The van der Waals surface area contributed by atoms with Gasteiger partial charge in [-0.15, -0.1) is 5.10 Å². The fourth-order valence-corrected chi connectivity index (χ4v) is 1.30. The van der Waals surface area contributed by atoms with Crippen molar-refractivity contribution in [3.63, 3.8) is 0 Å². The second-order valence-corrected chi connectivity index (χ2v) is 3.58. The summed E-state index contributed by atoms with van der Waals surface area (Å²) in [4.78, 5) is 0. The Labute approximate surface area is 89.5 Å². The first-order valence-corrected chi connectivity index (χ1v) is 4.86. The first kappa shape index (κ1) is 9.21. The van der Waals surface area contributed by atoms with Crippen molar-refractivity contribution < 1.29 is 4.42 Å². The van der Waals surface area contributed by atoms with Crippen LogP contribution in [0, 0.1) is 0 Å². The average molecular weight is 254 g/mol. The van der Waals surface area contributed by atoms with Crippen LogP contribution in [0.1, 0.15) is 0 Å². The highest BCUT2D eigenvalue weighted by molar-refractivity contribution is 9.10. The Kier molecular flexibility index (Phi) is 2.49. The van der Waals surface area contributed by atoms with Crippen LogP contribution in [0.3, 0.4) is 0 Å². The topological polar surface area (TPSA) is 51.0 Å². The number of aromatic nitrogens is 2. The van der Waals surface area contributed by atoms with E-state index in [1.165, 1.54) is 0 Å². The van der Waals surface area contributed by atoms with Crippen LogP contribution in [0.5, 0.6) is 0 Å². The Morgan fingerprint density at radius 1 is 1.21 bits per heavy atom. The summed E-state index contributed by atoms with van der Waals surface area (Å²) in [6.45, 7) is 0. The maximum Gasteiger partial charge on any atom is 0.315 e. The molecule has 0 fully saturated rings. The van der Waals surface area contributed by atoms with Crippen molar-refractivity contribution in [1.82, 2.24) is 10.2 Å². The van der Waals surface area contributed by atoms with Gasteiger partial charge in [0, 0.05) is 17.1 Å². The number of anilines is 1. The van der Waals surface area contributed by atoms with E-state index in [1.54, 1.807) is 7.05 Å². The average Bonchev–Trinajstić information content (AvgIpc) is 2.67. The van der Waals surface area contributed by atoms with E-state index in [0.717, 1.165) is 10.0 Å². The van der Waals surface area contributed by atoms with Gasteiger partial charge in [0.1, 0.15) is 0 Å². The van der Waals surface area contributed by atoms with Crippen LogP contribution in [-0.4, -0.2) is 17.2 Å². The molecule has 0 aliphatic heterocycles. The molecule has 0 atom stereocenters. The third-order valence-corrected chi connectivity index (χ3v) is 2.26. The minimum absolute atomic E-state index is 0.419. The molecule has 4 nitrogen and oxygen atoms in total. The van der Waals surface area contributed by atoms with Crippen LogP contribution in [0.15, 0.2) is 33.2 Å². The smallest absolute Gasteiger partial charge is 0.315 e. The molecule has 2 aromatic rings. The first-order chi connectivity index (χ1) is 6.79. The molecule has 1 N–H and O–H groups in total. The lowest BCUT2D eigenvalue weighted by Gasteiger charge is -1.94. The second-order valence-electron chi connectivity index (χ2n) is 2.67. The second kappa shape index (κ2) is 3.79. The zero-order valence-corrected chi connectivity index (χ0v) is 9.08. The maximum atomic E-state index is 5.31. The van der Waals surface area contributed by atoms with Crippen molar-refractivity contribution in [2.24, 2.45) is 0 Å². The minimum Gasteiger partial charge on any atom is -0.403 e. The highest BCUT2D eigenvalue weighted by atomic mass is 79.9. The quantitative estimate of drug-likeness (QED) is 0.894. The molecular formula is C9H8BrN3O. The van der Waals surface area contributed by atoms with E-state index in [4.69, 9.17) is 4.42 Å². The molecular weight excluding hydrogens is 246 g/mol. The van der Waals surface area contributed by atoms with E-state index in [0.29, 0.717) is 11.9 Å². The van der Waals surface area contributed by atoms with Crippen LogP contribution in [0.25, 0.3) is 11.5 Å². The molecule has 0 radical (unpaired) electrons. The van der Waals surface area contributed by atoms with Crippen molar-refractivity contribution in [3.8, 4) is 11.5 Å². The van der Waals surface area contributed by atoms with Crippen LogP contribution in [0.2, 0.25) is 0 Å². The summed E-state index contributed by atoms with van der Waals surface area (Å²) < 4.78 is 6.33. The number of halogens is 1. The predicted molar refractivity (Wildman–Crippen MR) is 57.0 cm³/mol. The van der Waals surface area contributed by atoms with Gasteiger partial charge in [0.2, 0.25) is 5.89 Å². The Balaban J connectivity index is 2.34. The van der Waals surface area contributed by atoms with Gasteiger partial charge in [0.25, 0.3) is 0 Å². The molecule has 0 saturated heterocycles. The Morgan fingerprint density at radius 3 is 2.50 bits per heavy atom. The van der Waals surface area contributed by atoms with Crippen LogP contribution in [-0.2, 0) is 0 Å². The van der Waals surface area contributed by atoms with E-state index in [2.05, 4.69) is 31.4 Å². The molecule has 2 rings (SSSR count). The molecule has 0 unspecified atom stereocenters. The standard InChI is InChI=1S/C9H8BrN3O/c1-11-9-13-12-8(14-9)6-2-4-7(10)5-3-6/h2-5H,1H3,(H,11,13). The third-order valence-electron chi connectivity index (χ3n) is 1.73. The van der Waals surface area contributed by atoms with Crippen molar-refractivity contribution in [2.75, 3.05) is 12.4 Å². The molecule has 0 amide bonds. The molecule has 0 bridgehead atoms. The monoisotopic (exact) mass is 253 g/mol. The van der Waals surface area contributed by atoms with Gasteiger partial charge in [-0.2, -0.15) is 0 Å². The summed E-state index contributed by atoms with van der Waals surface area (Å²) in [5.41, 5.74) is 0.905. The molecule has 72 valence electrons. The number of hydrogen-bond acceptors (Lipinski definition) is 4.